The van der Waals surface area contributed by atoms with Gasteiger partial charge in [0.2, 0.25) is 0 Å². The minimum atomic E-state index is -0.390. The predicted octanol–water partition coefficient (Wildman–Crippen LogP) is 3.67. The van der Waals surface area contributed by atoms with Crippen molar-refractivity contribution in [3.8, 4) is 0 Å². The number of aryl methyl sites for hydroxylation is 2. The predicted molar refractivity (Wildman–Crippen MR) is 78.8 cm³/mol. The number of anilines is 1. The maximum absolute atomic E-state index is 13.0. The van der Waals surface area contributed by atoms with Crippen LogP contribution in [0.2, 0.25) is 0 Å². The average molecular weight is 289 g/mol. The molecule has 0 atom stereocenters. The number of pyridine rings is 1. The van der Waals surface area contributed by atoms with Crippen LogP contribution in [0.25, 0.3) is 0 Å². The van der Waals surface area contributed by atoms with Crippen LogP contribution in [0.5, 0.6) is 0 Å². The van der Waals surface area contributed by atoms with Crippen molar-refractivity contribution in [1.29, 1.82) is 0 Å². The number of nitrogens with zero attached hydrogens (tertiary/aromatic N) is 2. The molecule has 1 aromatic carbocycles. The molecule has 2 aromatic rings. The molecule has 1 N–H and O–H groups in total. The zero-order chi connectivity index (χ0) is 15.6. The lowest BCUT2D eigenvalue weighted by molar-refractivity contribution is -0.386. The van der Waals surface area contributed by atoms with Crippen LogP contribution in [-0.4, -0.2) is 9.91 Å². The quantitative estimate of drug-likeness (QED) is 0.689. The summed E-state index contributed by atoms with van der Waals surface area (Å²) in [6, 6.07) is 4.44. The monoisotopic (exact) mass is 289 g/mol. The Bertz CT molecular complexity index is 702. The molecule has 0 saturated heterocycles. The van der Waals surface area contributed by atoms with E-state index in [1.54, 1.807) is 26.8 Å². The van der Waals surface area contributed by atoms with E-state index in [9.17, 15) is 14.5 Å². The molecule has 2 rings (SSSR count). The van der Waals surface area contributed by atoms with E-state index in [0.29, 0.717) is 23.4 Å². The van der Waals surface area contributed by atoms with E-state index in [4.69, 9.17) is 0 Å². The summed E-state index contributed by atoms with van der Waals surface area (Å²) in [5.41, 5.74) is 3.34. The van der Waals surface area contributed by atoms with Crippen molar-refractivity contribution in [2.24, 2.45) is 0 Å². The third-order valence-corrected chi connectivity index (χ3v) is 3.39. The molecule has 0 aliphatic carbocycles. The van der Waals surface area contributed by atoms with Gasteiger partial charge >= 0.3 is 0 Å². The second-order valence-corrected chi connectivity index (χ2v) is 4.93. The van der Waals surface area contributed by atoms with Gasteiger partial charge in [-0.25, -0.2) is 4.39 Å². The number of aromatic nitrogens is 1. The summed E-state index contributed by atoms with van der Waals surface area (Å²) >= 11 is 0. The smallest absolute Gasteiger partial charge is 0.278 e. The molecule has 0 saturated carbocycles. The fourth-order valence-electron chi connectivity index (χ4n) is 2.23. The van der Waals surface area contributed by atoms with Crippen LogP contribution in [0.15, 0.2) is 24.4 Å². The van der Waals surface area contributed by atoms with Crippen LogP contribution in [0, 0.1) is 36.7 Å². The molecule has 5 nitrogen and oxygen atoms in total. The number of rotatable bonds is 4. The Kier molecular flexibility index (Phi) is 4.16. The summed E-state index contributed by atoms with van der Waals surface area (Å²) in [5, 5.41) is 14.2. The highest BCUT2D eigenvalue weighted by atomic mass is 19.1. The Labute approximate surface area is 122 Å². The Morgan fingerprint density at radius 3 is 2.62 bits per heavy atom. The summed E-state index contributed by atoms with van der Waals surface area (Å²) in [4.78, 5) is 14.9. The molecule has 0 radical (unpaired) electrons. The number of hydrogen-bond donors (Lipinski definition) is 1. The van der Waals surface area contributed by atoms with Gasteiger partial charge in [-0.2, -0.15) is 0 Å². The minimum Gasteiger partial charge on any atom is -0.379 e. The van der Waals surface area contributed by atoms with Gasteiger partial charge in [0, 0.05) is 17.4 Å². The van der Waals surface area contributed by atoms with Gasteiger partial charge in [-0.1, -0.05) is 0 Å². The summed E-state index contributed by atoms with van der Waals surface area (Å²) in [6.07, 6.45) is 1.50. The molecule has 0 aliphatic heterocycles. The lowest BCUT2D eigenvalue weighted by atomic mass is 10.1. The van der Waals surface area contributed by atoms with E-state index in [1.807, 2.05) is 0 Å². The molecule has 110 valence electrons. The van der Waals surface area contributed by atoms with E-state index in [2.05, 4.69) is 10.3 Å². The first-order chi connectivity index (χ1) is 9.90. The maximum Gasteiger partial charge on any atom is 0.278 e. The van der Waals surface area contributed by atoms with Gasteiger partial charge in [0.05, 0.1) is 22.7 Å². The van der Waals surface area contributed by atoms with Gasteiger partial charge in [-0.3, -0.25) is 15.1 Å². The molecule has 0 bridgehead atoms. The highest BCUT2D eigenvalue weighted by molar-refractivity contribution is 5.52. The molecule has 0 amide bonds. The molecule has 0 unspecified atom stereocenters. The van der Waals surface area contributed by atoms with Gasteiger partial charge in [0.1, 0.15) is 5.82 Å². The van der Waals surface area contributed by atoms with Gasteiger partial charge in [-0.15, -0.1) is 0 Å². The van der Waals surface area contributed by atoms with E-state index < -0.39 is 0 Å². The van der Waals surface area contributed by atoms with Crippen molar-refractivity contribution in [2.45, 2.75) is 27.3 Å². The van der Waals surface area contributed by atoms with E-state index in [1.165, 1.54) is 18.3 Å². The molecule has 21 heavy (non-hydrogen) atoms. The highest BCUT2D eigenvalue weighted by Gasteiger charge is 2.18. The average Bonchev–Trinajstić information content (AvgIpc) is 2.39. The number of hydrogen-bond acceptors (Lipinski definition) is 4. The van der Waals surface area contributed by atoms with Crippen LogP contribution in [0.4, 0.5) is 15.8 Å². The number of halogens is 1. The standard InChI is InChI=1S/C15H16FN3O2/c1-9-6-12(16)4-5-13(9)18-8-14-11(3)15(19(20)21)10(2)7-17-14/h4-7,18H,8H2,1-3H3. The zero-order valence-corrected chi connectivity index (χ0v) is 12.1. The molecular formula is C15H16FN3O2. The molecular weight excluding hydrogens is 273 g/mol. The number of nitrogens with one attached hydrogen (secondary N) is 1. The van der Waals surface area contributed by atoms with Gasteiger partial charge in [-0.05, 0) is 44.5 Å². The SMILES string of the molecule is Cc1cc(F)ccc1NCc1ncc(C)c([N+](=O)[O-])c1C. The van der Waals surface area contributed by atoms with Crippen LogP contribution >= 0.6 is 0 Å². The highest BCUT2D eigenvalue weighted by Crippen LogP contribution is 2.25. The molecule has 1 aromatic heterocycles. The molecule has 0 spiro atoms. The number of benzene rings is 1. The summed E-state index contributed by atoms with van der Waals surface area (Å²) in [6.45, 7) is 5.49. The minimum absolute atomic E-state index is 0.0950. The molecule has 6 heteroatoms. The Balaban J connectivity index is 2.24. The van der Waals surface area contributed by atoms with E-state index in [-0.39, 0.29) is 16.4 Å². The largest absolute Gasteiger partial charge is 0.379 e. The van der Waals surface area contributed by atoms with Crippen molar-refractivity contribution in [3.63, 3.8) is 0 Å². The third-order valence-electron chi connectivity index (χ3n) is 3.39. The van der Waals surface area contributed by atoms with Crippen molar-refractivity contribution < 1.29 is 9.31 Å². The normalized spacial score (nSPS) is 10.5. The zero-order valence-electron chi connectivity index (χ0n) is 12.1. The lowest BCUT2D eigenvalue weighted by Gasteiger charge is -2.11. The van der Waals surface area contributed by atoms with Gasteiger partial charge in [0.15, 0.2) is 0 Å². The Morgan fingerprint density at radius 2 is 2.00 bits per heavy atom. The van der Waals surface area contributed by atoms with Crippen LogP contribution < -0.4 is 5.32 Å². The first-order valence-corrected chi connectivity index (χ1v) is 6.49. The second kappa shape index (κ2) is 5.87. The topological polar surface area (TPSA) is 68.1 Å². The van der Waals surface area contributed by atoms with Crippen molar-refractivity contribution in [1.82, 2.24) is 4.98 Å². The van der Waals surface area contributed by atoms with Gasteiger partial charge in [0.25, 0.3) is 5.69 Å². The van der Waals surface area contributed by atoms with Crippen LogP contribution in [0.3, 0.4) is 0 Å². The molecule has 0 fully saturated rings. The first kappa shape index (κ1) is 14.9. The van der Waals surface area contributed by atoms with E-state index >= 15 is 0 Å². The summed E-state index contributed by atoms with van der Waals surface area (Å²) in [7, 11) is 0. The Morgan fingerprint density at radius 1 is 1.29 bits per heavy atom. The van der Waals surface area contributed by atoms with Crippen molar-refractivity contribution in [3.05, 3.63) is 62.7 Å². The van der Waals surface area contributed by atoms with Crippen molar-refractivity contribution in [2.75, 3.05) is 5.32 Å². The fraction of sp³-hybridized carbons (Fsp3) is 0.267. The maximum atomic E-state index is 13.0. The van der Waals surface area contributed by atoms with Crippen LogP contribution in [0.1, 0.15) is 22.4 Å². The second-order valence-electron chi connectivity index (χ2n) is 4.93. The fourth-order valence-corrected chi connectivity index (χ4v) is 2.23. The lowest BCUT2D eigenvalue weighted by Crippen LogP contribution is -2.08. The molecule has 0 aliphatic rings. The van der Waals surface area contributed by atoms with Crippen LogP contribution in [-0.2, 0) is 6.54 Å². The summed E-state index contributed by atoms with van der Waals surface area (Å²) < 4.78 is 13.0. The van der Waals surface area contributed by atoms with E-state index in [0.717, 1.165) is 11.3 Å². The Hall–Kier alpha value is -2.50. The van der Waals surface area contributed by atoms with Crippen molar-refractivity contribution >= 4 is 11.4 Å². The summed E-state index contributed by atoms with van der Waals surface area (Å²) in [5.74, 6) is -0.293. The third kappa shape index (κ3) is 3.16. The first-order valence-electron chi connectivity index (χ1n) is 6.49. The van der Waals surface area contributed by atoms with Gasteiger partial charge < -0.3 is 5.32 Å². The number of nitro groups is 1. The molecule has 1 heterocycles.